The first-order valence-electron chi connectivity index (χ1n) is 12.2. The molecule has 3 aliphatic rings. The predicted octanol–water partition coefficient (Wildman–Crippen LogP) is 3.41. The fourth-order valence-corrected chi connectivity index (χ4v) is 5.73. The number of rotatable bonds is 4. The maximum Gasteiger partial charge on any atom is 0.310 e. The van der Waals surface area contributed by atoms with Crippen molar-refractivity contribution >= 4 is 11.9 Å². The van der Waals surface area contributed by atoms with Crippen LogP contribution in [0.25, 0.3) is 0 Å². The van der Waals surface area contributed by atoms with Crippen molar-refractivity contribution in [2.75, 3.05) is 27.4 Å². The standard InChI is InChI=1S/C28H32O8/c1-27(31-3)28(2,32-4)36-20-16-34-26(30)24-22(18-13-9-6-10-14-18)21(17-11-7-5-8-12-17)23(24)25(29)33-15-19(20)35-27/h5-14,19-24H,15-16H2,1-4H3/t19-,20-,21-,22+,23+,24+,27-,28-/m0/s1. The molecular weight excluding hydrogens is 464 g/mol. The zero-order chi connectivity index (χ0) is 25.5. The number of methoxy groups -OCH3 is 2. The lowest BCUT2D eigenvalue weighted by molar-refractivity contribution is -0.451. The molecule has 1 saturated carbocycles. The van der Waals surface area contributed by atoms with Crippen LogP contribution in [0.5, 0.6) is 0 Å². The van der Waals surface area contributed by atoms with E-state index in [0.717, 1.165) is 11.1 Å². The molecule has 2 saturated heterocycles. The molecular formula is C28H32O8. The SMILES string of the molecule is CO[C@@]1(C)O[C@H]2COC(=O)[C@H]3[C@H](C(=O)OC[C@@H]2O[C@]1(C)OC)[C@H](c1ccccc1)[C@@H]3c1ccccc1. The summed E-state index contributed by atoms with van der Waals surface area (Å²) in [6.07, 6.45) is -1.43. The molecule has 5 rings (SSSR count). The van der Waals surface area contributed by atoms with Gasteiger partial charge in [0.25, 0.3) is 0 Å². The van der Waals surface area contributed by atoms with Crippen molar-refractivity contribution < 1.29 is 38.0 Å². The molecule has 0 bridgehead atoms. The second-order valence-corrected chi connectivity index (χ2v) is 9.80. The van der Waals surface area contributed by atoms with Crippen molar-refractivity contribution in [2.45, 2.75) is 49.5 Å². The van der Waals surface area contributed by atoms with Crippen molar-refractivity contribution in [1.82, 2.24) is 0 Å². The van der Waals surface area contributed by atoms with Crippen LogP contribution >= 0.6 is 0 Å². The summed E-state index contributed by atoms with van der Waals surface area (Å²) in [5, 5.41) is 0. The lowest BCUT2D eigenvalue weighted by Gasteiger charge is -2.53. The number of cyclic esters (lactones) is 2. The van der Waals surface area contributed by atoms with E-state index in [0.29, 0.717) is 0 Å². The first kappa shape index (κ1) is 24.9. The second-order valence-electron chi connectivity index (χ2n) is 9.80. The van der Waals surface area contributed by atoms with E-state index in [-0.39, 0.29) is 25.0 Å². The van der Waals surface area contributed by atoms with Gasteiger partial charge in [0.2, 0.25) is 11.6 Å². The lowest BCUT2D eigenvalue weighted by Crippen LogP contribution is -2.67. The van der Waals surface area contributed by atoms with Crippen LogP contribution in [-0.2, 0) is 38.0 Å². The summed E-state index contributed by atoms with van der Waals surface area (Å²) in [5.41, 5.74) is 1.96. The van der Waals surface area contributed by atoms with Gasteiger partial charge >= 0.3 is 11.9 Å². The second kappa shape index (κ2) is 9.59. The summed E-state index contributed by atoms with van der Waals surface area (Å²) in [5.74, 6) is -5.26. The summed E-state index contributed by atoms with van der Waals surface area (Å²) < 4.78 is 35.1. The van der Waals surface area contributed by atoms with Gasteiger partial charge in [-0.05, 0) is 25.0 Å². The first-order valence-corrected chi connectivity index (χ1v) is 12.2. The summed E-state index contributed by atoms with van der Waals surface area (Å²) in [6, 6.07) is 19.5. The van der Waals surface area contributed by atoms with Crippen LogP contribution in [0.15, 0.2) is 60.7 Å². The van der Waals surface area contributed by atoms with Crippen molar-refractivity contribution in [3.63, 3.8) is 0 Å². The van der Waals surface area contributed by atoms with Gasteiger partial charge < -0.3 is 28.4 Å². The number of benzene rings is 2. The summed E-state index contributed by atoms with van der Waals surface area (Å²) in [6.45, 7) is 3.25. The highest BCUT2D eigenvalue weighted by Gasteiger charge is 2.61. The Balaban J connectivity index is 1.48. The molecule has 0 amide bonds. The van der Waals surface area contributed by atoms with Crippen molar-refractivity contribution in [1.29, 1.82) is 0 Å². The molecule has 2 aromatic carbocycles. The maximum atomic E-state index is 13.5. The van der Waals surface area contributed by atoms with Gasteiger partial charge in [0.15, 0.2) is 0 Å². The fraction of sp³-hybridized carbons (Fsp3) is 0.500. The number of carbonyl (C=O) groups excluding carboxylic acids is 2. The third-order valence-corrected chi connectivity index (χ3v) is 8.01. The van der Waals surface area contributed by atoms with Crippen molar-refractivity contribution in [3.8, 4) is 0 Å². The highest BCUT2D eigenvalue weighted by atomic mass is 16.8. The van der Waals surface area contributed by atoms with Gasteiger partial charge in [0, 0.05) is 26.1 Å². The number of esters is 2. The van der Waals surface area contributed by atoms with Crippen molar-refractivity contribution in [3.05, 3.63) is 71.8 Å². The smallest absolute Gasteiger partial charge is 0.310 e. The Bertz CT molecular complexity index is 1000. The van der Waals surface area contributed by atoms with Crippen LogP contribution in [0.4, 0.5) is 0 Å². The average Bonchev–Trinajstić information content (AvgIpc) is 2.88. The average molecular weight is 497 g/mol. The van der Waals surface area contributed by atoms with Crippen molar-refractivity contribution in [2.24, 2.45) is 11.8 Å². The number of ether oxygens (including phenoxy) is 6. The molecule has 2 heterocycles. The van der Waals surface area contributed by atoms with Crippen LogP contribution in [0.2, 0.25) is 0 Å². The topological polar surface area (TPSA) is 89.5 Å². The van der Waals surface area contributed by atoms with Gasteiger partial charge in [-0.1, -0.05) is 60.7 Å². The van der Waals surface area contributed by atoms with Gasteiger partial charge in [-0.15, -0.1) is 0 Å². The van der Waals surface area contributed by atoms with E-state index >= 15 is 0 Å². The Morgan fingerprint density at radius 1 is 0.639 bits per heavy atom. The van der Waals surface area contributed by atoms with E-state index in [1.165, 1.54) is 14.2 Å². The van der Waals surface area contributed by atoms with Crippen LogP contribution in [0.1, 0.15) is 36.8 Å². The third-order valence-electron chi connectivity index (χ3n) is 8.01. The zero-order valence-corrected chi connectivity index (χ0v) is 20.9. The Hall–Kier alpha value is -2.78. The summed E-state index contributed by atoms with van der Waals surface area (Å²) in [7, 11) is 2.97. The molecule has 0 unspecified atom stereocenters. The minimum atomic E-state index is -1.27. The fourth-order valence-electron chi connectivity index (χ4n) is 5.73. The number of fused-ring (bicyclic) bond motifs is 2. The first-order chi connectivity index (χ1) is 17.3. The maximum absolute atomic E-state index is 13.5. The Morgan fingerprint density at radius 2 is 1.00 bits per heavy atom. The third kappa shape index (κ3) is 4.02. The van der Waals surface area contributed by atoms with Crippen LogP contribution in [0.3, 0.4) is 0 Å². The number of hydrogen-bond donors (Lipinski definition) is 0. The Kier molecular flexibility index (Phi) is 6.63. The molecule has 1 aliphatic carbocycles. The van der Waals surface area contributed by atoms with E-state index in [1.807, 2.05) is 60.7 Å². The molecule has 0 spiro atoms. The summed E-state index contributed by atoms with van der Waals surface area (Å²) in [4.78, 5) is 27.0. The lowest BCUT2D eigenvalue weighted by atomic mass is 9.52. The van der Waals surface area contributed by atoms with Gasteiger partial charge in [0.05, 0.1) is 11.8 Å². The highest BCUT2D eigenvalue weighted by Crippen LogP contribution is 2.58. The highest BCUT2D eigenvalue weighted by molar-refractivity contribution is 5.87. The molecule has 8 heteroatoms. The molecule has 0 radical (unpaired) electrons. The summed E-state index contributed by atoms with van der Waals surface area (Å²) >= 11 is 0. The van der Waals surface area contributed by atoms with E-state index in [1.54, 1.807) is 13.8 Å². The normalized spacial score (nSPS) is 38.6. The monoisotopic (exact) mass is 496 g/mol. The molecule has 2 aliphatic heterocycles. The minimum absolute atomic E-state index is 0.0689. The van der Waals surface area contributed by atoms with Gasteiger partial charge in [-0.25, -0.2) is 0 Å². The minimum Gasteiger partial charge on any atom is -0.463 e. The van der Waals surface area contributed by atoms with E-state index in [9.17, 15) is 9.59 Å². The quantitative estimate of drug-likeness (QED) is 0.595. The molecule has 36 heavy (non-hydrogen) atoms. The van der Waals surface area contributed by atoms with E-state index < -0.39 is 47.6 Å². The molecule has 192 valence electrons. The largest absolute Gasteiger partial charge is 0.463 e. The van der Waals surface area contributed by atoms with Gasteiger partial charge in [-0.3, -0.25) is 9.59 Å². The van der Waals surface area contributed by atoms with E-state index in [2.05, 4.69) is 0 Å². The van der Waals surface area contributed by atoms with Crippen LogP contribution in [-0.4, -0.2) is 63.2 Å². The van der Waals surface area contributed by atoms with Gasteiger partial charge in [0.1, 0.15) is 25.4 Å². The molecule has 8 atom stereocenters. The van der Waals surface area contributed by atoms with Crippen LogP contribution < -0.4 is 0 Å². The van der Waals surface area contributed by atoms with E-state index in [4.69, 9.17) is 28.4 Å². The molecule has 0 N–H and O–H groups in total. The Labute approximate surface area is 210 Å². The predicted molar refractivity (Wildman–Crippen MR) is 128 cm³/mol. The van der Waals surface area contributed by atoms with Gasteiger partial charge in [-0.2, -0.15) is 0 Å². The molecule has 2 aromatic rings. The van der Waals surface area contributed by atoms with Crippen LogP contribution in [0, 0.1) is 11.8 Å². The molecule has 0 aromatic heterocycles. The Morgan fingerprint density at radius 3 is 1.33 bits per heavy atom. The number of hydrogen-bond acceptors (Lipinski definition) is 8. The molecule has 3 fully saturated rings. The zero-order valence-electron chi connectivity index (χ0n) is 20.9. The number of carbonyl (C=O) groups is 2. The molecule has 8 nitrogen and oxygen atoms in total.